The zero-order chi connectivity index (χ0) is 16.1. The lowest BCUT2D eigenvalue weighted by atomic mass is 9.86. The number of halogens is 1. The van der Waals surface area contributed by atoms with Gasteiger partial charge in [-0.3, -0.25) is 5.10 Å². The molecular formula is C19H15FN4. The van der Waals surface area contributed by atoms with Gasteiger partial charge >= 0.3 is 0 Å². The summed E-state index contributed by atoms with van der Waals surface area (Å²) in [5, 5.41) is 9.56. The van der Waals surface area contributed by atoms with Crippen LogP contribution in [0.1, 0.15) is 24.0 Å². The van der Waals surface area contributed by atoms with E-state index >= 15 is 0 Å². The molecule has 0 fully saturated rings. The lowest BCUT2D eigenvalue weighted by molar-refractivity contribution is 0.584. The van der Waals surface area contributed by atoms with Gasteiger partial charge in [0.15, 0.2) is 0 Å². The summed E-state index contributed by atoms with van der Waals surface area (Å²) in [6.45, 7) is 0. The average molecular weight is 318 g/mol. The molecular weight excluding hydrogens is 303 g/mol. The van der Waals surface area contributed by atoms with E-state index in [-0.39, 0.29) is 0 Å². The normalized spacial score (nSPS) is 14.2. The molecule has 4 aromatic rings. The van der Waals surface area contributed by atoms with Gasteiger partial charge in [-0.25, -0.2) is 9.97 Å². The number of benzene rings is 1. The van der Waals surface area contributed by atoms with Gasteiger partial charge in [0.05, 0.1) is 22.9 Å². The van der Waals surface area contributed by atoms with Gasteiger partial charge in [0.25, 0.3) is 0 Å². The van der Waals surface area contributed by atoms with Crippen molar-refractivity contribution in [3.8, 4) is 11.3 Å². The highest BCUT2D eigenvalue weighted by Gasteiger charge is 2.21. The molecule has 0 saturated carbocycles. The van der Waals surface area contributed by atoms with Gasteiger partial charge in [-0.05, 0) is 61.1 Å². The maximum absolute atomic E-state index is 13.2. The monoisotopic (exact) mass is 318 g/mol. The van der Waals surface area contributed by atoms with Gasteiger partial charge in [-0.2, -0.15) is 9.49 Å². The van der Waals surface area contributed by atoms with Crippen molar-refractivity contribution >= 4 is 21.8 Å². The number of aryl methyl sites for hydroxylation is 1. The number of hydrogen-bond donors (Lipinski definition) is 1. The zero-order valence-electron chi connectivity index (χ0n) is 13.0. The van der Waals surface area contributed by atoms with Crippen molar-refractivity contribution < 1.29 is 4.39 Å². The fraction of sp³-hybridized carbons (Fsp3) is 0.211. The summed E-state index contributed by atoms with van der Waals surface area (Å²) in [4.78, 5) is 8.72. The minimum absolute atomic E-state index is 0.464. The highest BCUT2D eigenvalue weighted by Crippen LogP contribution is 2.37. The highest BCUT2D eigenvalue weighted by molar-refractivity contribution is 6.07. The molecule has 0 radical (unpaired) electrons. The molecule has 0 bridgehead atoms. The van der Waals surface area contributed by atoms with Crippen LogP contribution in [-0.2, 0) is 12.8 Å². The van der Waals surface area contributed by atoms with E-state index in [9.17, 15) is 4.39 Å². The van der Waals surface area contributed by atoms with Crippen LogP contribution in [0.15, 0.2) is 36.7 Å². The van der Waals surface area contributed by atoms with Crippen LogP contribution in [0.3, 0.4) is 0 Å². The van der Waals surface area contributed by atoms with Crippen LogP contribution in [0.4, 0.5) is 4.39 Å². The maximum atomic E-state index is 13.2. The van der Waals surface area contributed by atoms with Crippen LogP contribution < -0.4 is 0 Å². The molecule has 1 N–H and O–H groups in total. The van der Waals surface area contributed by atoms with Crippen LogP contribution in [0, 0.1) is 5.95 Å². The molecule has 1 aliphatic rings. The molecule has 5 rings (SSSR count). The first-order valence-electron chi connectivity index (χ1n) is 8.21. The number of nitrogens with one attached hydrogen (secondary N) is 1. The van der Waals surface area contributed by atoms with Crippen LogP contribution in [0.2, 0.25) is 0 Å². The lowest BCUT2D eigenvalue weighted by Crippen LogP contribution is -2.08. The first-order valence-corrected chi connectivity index (χ1v) is 8.21. The summed E-state index contributed by atoms with van der Waals surface area (Å²) >= 11 is 0. The Morgan fingerprint density at radius 2 is 1.83 bits per heavy atom. The Hall–Kier alpha value is -2.82. The lowest BCUT2D eigenvalue weighted by Gasteiger charge is -2.21. The van der Waals surface area contributed by atoms with E-state index in [0.717, 1.165) is 46.9 Å². The molecule has 0 unspecified atom stereocenters. The molecule has 1 aromatic carbocycles. The summed E-state index contributed by atoms with van der Waals surface area (Å²) < 4.78 is 13.2. The summed E-state index contributed by atoms with van der Waals surface area (Å²) in [6, 6.07) is 7.21. The molecule has 0 aliphatic heterocycles. The molecule has 4 nitrogen and oxygen atoms in total. The second-order valence-electron chi connectivity index (χ2n) is 6.29. The third-order valence-corrected chi connectivity index (χ3v) is 4.89. The molecule has 118 valence electrons. The van der Waals surface area contributed by atoms with E-state index in [1.165, 1.54) is 29.0 Å². The summed E-state index contributed by atoms with van der Waals surface area (Å²) in [7, 11) is 0. The van der Waals surface area contributed by atoms with Crippen LogP contribution in [0.25, 0.3) is 33.1 Å². The molecule has 3 aromatic heterocycles. The van der Waals surface area contributed by atoms with Gasteiger partial charge in [0, 0.05) is 22.5 Å². The number of rotatable bonds is 1. The Bertz CT molecular complexity index is 1070. The molecule has 1 aliphatic carbocycles. The number of pyridine rings is 2. The topological polar surface area (TPSA) is 54.5 Å². The second kappa shape index (κ2) is 5.09. The fourth-order valence-electron chi connectivity index (χ4n) is 3.80. The van der Waals surface area contributed by atoms with Crippen LogP contribution in [-0.4, -0.2) is 20.2 Å². The number of aromatic nitrogens is 4. The molecule has 0 spiro atoms. The number of hydrogen-bond acceptors (Lipinski definition) is 3. The van der Waals surface area contributed by atoms with E-state index < -0.39 is 5.95 Å². The Kier molecular flexibility index (Phi) is 2.89. The fourth-order valence-corrected chi connectivity index (χ4v) is 3.80. The second-order valence-corrected chi connectivity index (χ2v) is 6.29. The third-order valence-electron chi connectivity index (χ3n) is 4.89. The van der Waals surface area contributed by atoms with Crippen molar-refractivity contribution in [1.82, 2.24) is 20.2 Å². The van der Waals surface area contributed by atoms with Crippen molar-refractivity contribution in [2.45, 2.75) is 25.7 Å². The molecule has 5 heteroatoms. The molecule has 0 atom stereocenters. The predicted molar refractivity (Wildman–Crippen MR) is 91.2 cm³/mol. The van der Waals surface area contributed by atoms with E-state index in [2.05, 4.69) is 15.2 Å². The van der Waals surface area contributed by atoms with Gasteiger partial charge in [-0.15, -0.1) is 0 Å². The van der Waals surface area contributed by atoms with Crippen molar-refractivity contribution in [3.63, 3.8) is 0 Å². The van der Waals surface area contributed by atoms with Gasteiger partial charge < -0.3 is 0 Å². The van der Waals surface area contributed by atoms with E-state index in [1.807, 2.05) is 18.3 Å². The van der Waals surface area contributed by atoms with Gasteiger partial charge in [0.2, 0.25) is 5.95 Å². The number of nitrogens with zero attached hydrogens (tertiary/aromatic N) is 3. The molecule has 0 amide bonds. The average Bonchev–Trinajstić information content (AvgIpc) is 3.10. The standard InChI is InChI=1S/C19H15FN4/c20-17-8-5-11(9-21-17)19-13-4-2-1-3-12(13)18-14-10-22-24-15(14)6-7-16(18)23-19/h5-10H,1-4H2,(H,22,24). The third kappa shape index (κ3) is 1.94. The summed E-state index contributed by atoms with van der Waals surface area (Å²) in [5.74, 6) is -0.464. The van der Waals surface area contributed by atoms with Gasteiger partial charge in [-0.1, -0.05) is 0 Å². The van der Waals surface area contributed by atoms with E-state index in [4.69, 9.17) is 4.98 Å². The Labute approximate surface area is 137 Å². The minimum Gasteiger partial charge on any atom is -0.278 e. The SMILES string of the molecule is Fc1ccc(-c2nc3ccc4[nH]ncc4c3c3c2CCCC3)cn1. The van der Waals surface area contributed by atoms with E-state index in [1.54, 1.807) is 12.3 Å². The Morgan fingerprint density at radius 3 is 2.67 bits per heavy atom. The van der Waals surface area contributed by atoms with Crippen molar-refractivity contribution in [2.75, 3.05) is 0 Å². The van der Waals surface area contributed by atoms with Crippen molar-refractivity contribution in [3.05, 3.63) is 53.7 Å². The number of H-pyrrole nitrogens is 1. The van der Waals surface area contributed by atoms with Crippen molar-refractivity contribution in [1.29, 1.82) is 0 Å². The van der Waals surface area contributed by atoms with E-state index in [0.29, 0.717) is 0 Å². The largest absolute Gasteiger partial charge is 0.278 e. The van der Waals surface area contributed by atoms with Crippen LogP contribution >= 0.6 is 0 Å². The van der Waals surface area contributed by atoms with Crippen LogP contribution in [0.5, 0.6) is 0 Å². The zero-order valence-corrected chi connectivity index (χ0v) is 13.0. The molecule has 24 heavy (non-hydrogen) atoms. The summed E-state index contributed by atoms with van der Waals surface area (Å²) in [5.41, 5.74) is 6.45. The number of fused-ring (bicyclic) bond motifs is 5. The smallest absolute Gasteiger partial charge is 0.212 e. The Morgan fingerprint density at radius 1 is 0.958 bits per heavy atom. The predicted octanol–water partition coefficient (Wildman–Crippen LogP) is 4.19. The first-order chi connectivity index (χ1) is 11.8. The Balaban J connectivity index is 1.88. The quantitative estimate of drug-likeness (QED) is 0.535. The minimum atomic E-state index is -0.464. The molecule has 3 heterocycles. The molecule has 0 saturated heterocycles. The van der Waals surface area contributed by atoms with Crippen molar-refractivity contribution in [2.24, 2.45) is 0 Å². The maximum Gasteiger partial charge on any atom is 0.212 e. The number of aromatic amines is 1. The van der Waals surface area contributed by atoms with Gasteiger partial charge in [0.1, 0.15) is 0 Å². The first kappa shape index (κ1) is 13.6. The summed E-state index contributed by atoms with van der Waals surface area (Å²) in [6.07, 6.45) is 7.84. The highest BCUT2D eigenvalue weighted by atomic mass is 19.1.